The number of aryl methyl sites for hydroxylation is 1. The van der Waals surface area contributed by atoms with Gasteiger partial charge in [-0.15, -0.1) is 0 Å². The summed E-state index contributed by atoms with van der Waals surface area (Å²) < 4.78 is 31.4. The van der Waals surface area contributed by atoms with Crippen LogP contribution in [0.3, 0.4) is 0 Å². The van der Waals surface area contributed by atoms with Gasteiger partial charge >= 0.3 is 0 Å². The Hall–Kier alpha value is -2.58. The lowest BCUT2D eigenvalue weighted by molar-refractivity contribution is -0.121. The van der Waals surface area contributed by atoms with Crippen molar-refractivity contribution in [2.24, 2.45) is 0 Å². The summed E-state index contributed by atoms with van der Waals surface area (Å²) in [7, 11) is 0.967. The van der Waals surface area contributed by atoms with Gasteiger partial charge in [0.05, 0.1) is 18.0 Å². The smallest absolute Gasteiger partial charge is 0.242 e. The predicted molar refractivity (Wildman–Crippen MR) is 131 cm³/mol. The van der Waals surface area contributed by atoms with Crippen molar-refractivity contribution in [3.8, 4) is 5.75 Å². The third-order valence-electron chi connectivity index (χ3n) is 6.14. The third-order valence-corrected chi connectivity index (χ3v) is 7.95. The molecule has 1 atom stereocenters. The first-order valence-electron chi connectivity index (χ1n) is 11.5. The summed E-state index contributed by atoms with van der Waals surface area (Å²) in [6.45, 7) is 4.18. The first kappa shape index (κ1) is 25.1. The van der Waals surface area contributed by atoms with Gasteiger partial charge in [-0.1, -0.05) is 12.1 Å². The molecule has 33 heavy (non-hydrogen) atoms. The number of carbonyl (C=O) groups excluding carboxylic acids is 1. The first-order chi connectivity index (χ1) is 15.7. The van der Waals surface area contributed by atoms with Gasteiger partial charge in [-0.3, -0.25) is 4.79 Å². The Kier molecular flexibility index (Phi) is 8.37. The number of nitrogens with one attached hydrogen (secondary N) is 1. The number of hydrogen-bond donors (Lipinski definition) is 1. The van der Waals surface area contributed by atoms with Crippen LogP contribution in [0.5, 0.6) is 5.75 Å². The van der Waals surface area contributed by atoms with Crippen molar-refractivity contribution in [3.05, 3.63) is 53.6 Å². The molecule has 0 saturated carbocycles. The fourth-order valence-electron chi connectivity index (χ4n) is 4.09. The fourth-order valence-corrected chi connectivity index (χ4v) is 5.05. The van der Waals surface area contributed by atoms with E-state index in [2.05, 4.69) is 34.5 Å². The van der Waals surface area contributed by atoms with E-state index in [1.165, 1.54) is 56.5 Å². The highest BCUT2D eigenvalue weighted by molar-refractivity contribution is 7.89. The molecule has 7 nitrogen and oxygen atoms in total. The van der Waals surface area contributed by atoms with Crippen LogP contribution in [0.1, 0.15) is 49.8 Å². The maximum atomic E-state index is 12.6. The van der Waals surface area contributed by atoms with Crippen molar-refractivity contribution >= 4 is 21.6 Å². The molecule has 1 aliphatic heterocycles. The van der Waals surface area contributed by atoms with Gasteiger partial charge in [-0.2, -0.15) is 0 Å². The van der Waals surface area contributed by atoms with Gasteiger partial charge in [0, 0.05) is 39.3 Å². The molecule has 0 unspecified atom stereocenters. The summed E-state index contributed by atoms with van der Waals surface area (Å²) in [6, 6.07) is 13.0. The van der Waals surface area contributed by atoms with Crippen LogP contribution < -0.4 is 15.0 Å². The number of amides is 1. The summed E-state index contributed by atoms with van der Waals surface area (Å²) in [4.78, 5) is 15.2. The number of carbonyl (C=O) groups is 1. The topological polar surface area (TPSA) is 79.0 Å². The van der Waals surface area contributed by atoms with Gasteiger partial charge in [0.2, 0.25) is 15.9 Å². The van der Waals surface area contributed by atoms with Crippen molar-refractivity contribution in [1.82, 2.24) is 9.62 Å². The Morgan fingerprint density at radius 1 is 1.09 bits per heavy atom. The molecule has 0 bridgehead atoms. The fraction of sp³-hybridized carbons (Fsp3) is 0.480. The van der Waals surface area contributed by atoms with E-state index in [4.69, 9.17) is 4.74 Å². The highest BCUT2D eigenvalue weighted by Crippen LogP contribution is 2.26. The molecule has 0 spiro atoms. The SMILES string of the molecule is COc1ccc(S(=O)(=O)N(C)C)cc1CCC(=O)N[C@@H](C)c1ccc(N2CCCCC2)cc1. The molecular formula is C25H35N3O4S. The lowest BCUT2D eigenvalue weighted by Gasteiger charge is -2.29. The Bertz CT molecular complexity index is 1050. The second-order valence-electron chi connectivity index (χ2n) is 8.69. The molecule has 8 heteroatoms. The number of methoxy groups -OCH3 is 1. The summed E-state index contributed by atoms with van der Waals surface area (Å²) >= 11 is 0. The number of sulfonamides is 1. The second-order valence-corrected chi connectivity index (χ2v) is 10.8. The molecule has 2 aromatic carbocycles. The Balaban J connectivity index is 1.60. The van der Waals surface area contributed by atoms with Gasteiger partial charge in [0.1, 0.15) is 5.75 Å². The van der Waals surface area contributed by atoms with E-state index < -0.39 is 10.0 Å². The van der Waals surface area contributed by atoms with Crippen LogP contribution in [-0.2, 0) is 21.2 Å². The highest BCUT2D eigenvalue weighted by Gasteiger charge is 2.20. The summed E-state index contributed by atoms with van der Waals surface area (Å²) in [5.74, 6) is 0.479. The molecule has 0 aromatic heterocycles. The molecular weight excluding hydrogens is 438 g/mol. The molecule has 1 amide bonds. The van der Waals surface area contributed by atoms with Gasteiger partial charge in [-0.05, 0) is 74.1 Å². The number of benzene rings is 2. The van der Waals surface area contributed by atoms with E-state index in [1.54, 1.807) is 12.1 Å². The van der Waals surface area contributed by atoms with Crippen molar-refractivity contribution in [1.29, 1.82) is 0 Å². The van der Waals surface area contributed by atoms with Crippen LogP contribution in [0.15, 0.2) is 47.4 Å². The van der Waals surface area contributed by atoms with E-state index in [-0.39, 0.29) is 23.3 Å². The van der Waals surface area contributed by atoms with Crippen molar-refractivity contribution in [3.63, 3.8) is 0 Å². The molecule has 0 radical (unpaired) electrons. The molecule has 1 N–H and O–H groups in total. The number of anilines is 1. The molecule has 1 heterocycles. The van der Waals surface area contributed by atoms with E-state index in [9.17, 15) is 13.2 Å². The zero-order chi connectivity index (χ0) is 24.0. The number of nitrogens with zero attached hydrogens (tertiary/aromatic N) is 2. The average molecular weight is 474 g/mol. The zero-order valence-corrected chi connectivity index (χ0v) is 20.8. The molecule has 1 saturated heterocycles. The minimum Gasteiger partial charge on any atom is -0.496 e. The molecule has 1 aliphatic rings. The maximum absolute atomic E-state index is 12.6. The summed E-state index contributed by atoms with van der Waals surface area (Å²) in [6.07, 6.45) is 4.40. The van der Waals surface area contributed by atoms with Gasteiger partial charge in [0.15, 0.2) is 0 Å². The largest absolute Gasteiger partial charge is 0.496 e. The van der Waals surface area contributed by atoms with E-state index in [1.807, 2.05) is 6.92 Å². The second kappa shape index (κ2) is 11.0. The summed E-state index contributed by atoms with van der Waals surface area (Å²) in [5.41, 5.74) is 2.98. The quantitative estimate of drug-likeness (QED) is 0.600. The minimum absolute atomic E-state index is 0.0921. The van der Waals surface area contributed by atoms with Crippen LogP contribution in [0, 0.1) is 0 Å². The number of ether oxygens (including phenoxy) is 1. The van der Waals surface area contributed by atoms with Crippen LogP contribution >= 0.6 is 0 Å². The molecule has 2 aromatic rings. The molecule has 3 rings (SSSR count). The van der Waals surface area contributed by atoms with Crippen LogP contribution in [0.2, 0.25) is 0 Å². The Morgan fingerprint density at radius 2 is 1.76 bits per heavy atom. The average Bonchev–Trinajstić information content (AvgIpc) is 2.83. The summed E-state index contributed by atoms with van der Waals surface area (Å²) in [5, 5.41) is 3.05. The highest BCUT2D eigenvalue weighted by atomic mass is 32.2. The maximum Gasteiger partial charge on any atom is 0.242 e. The van der Waals surface area contributed by atoms with Gasteiger partial charge in [0.25, 0.3) is 0 Å². The zero-order valence-electron chi connectivity index (χ0n) is 20.0. The number of rotatable bonds is 9. The van der Waals surface area contributed by atoms with E-state index >= 15 is 0 Å². The van der Waals surface area contributed by atoms with Crippen molar-refractivity contribution in [2.45, 2.75) is 50.0 Å². The normalized spacial score (nSPS) is 15.4. The Labute approximate surface area is 197 Å². The number of piperidine rings is 1. The first-order valence-corrected chi connectivity index (χ1v) is 12.9. The van der Waals surface area contributed by atoms with Gasteiger partial charge < -0.3 is 15.0 Å². The van der Waals surface area contributed by atoms with E-state index in [0.717, 1.165) is 18.7 Å². The Morgan fingerprint density at radius 3 is 2.36 bits per heavy atom. The number of hydrogen-bond acceptors (Lipinski definition) is 5. The molecule has 180 valence electrons. The molecule has 1 fully saturated rings. The molecule has 0 aliphatic carbocycles. The van der Waals surface area contributed by atoms with Crippen LogP contribution in [-0.4, -0.2) is 52.9 Å². The van der Waals surface area contributed by atoms with Crippen molar-refractivity contribution in [2.75, 3.05) is 39.2 Å². The van der Waals surface area contributed by atoms with Crippen LogP contribution in [0.4, 0.5) is 5.69 Å². The predicted octanol–water partition coefficient (Wildman–Crippen LogP) is 3.75. The van der Waals surface area contributed by atoms with E-state index in [0.29, 0.717) is 17.7 Å². The standard InChI is InChI=1S/C25H35N3O4S/c1-19(20-8-11-22(12-9-20)28-16-6-5-7-17-28)26-25(29)15-10-21-18-23(13-14-24(21)32-4)33(30,31)27(2)3/h8-9,11-14,18-19H,5-7,10,15-17H2,1-4H3,(H,26,29)/t19-/m0/s1. The minimum atomic E-state index is -3.56. The van der Waals surface area contributed by atoms with Gasteiger partial charge in [-0.25, -0.2) is 12.7 Å². The lowest BCUT2D eigenvalue weighted by Crippen LogP contribution is -2.29. The van der Waals surface area contributed by atoms with Crippen LogP contribution in [0.25, 0.3) is 0 Å². The lowest BCUT2D eigenvalue weighted by atomic mass is 10.0. The third kappa shape index (κ3) is 6.26. The van der Waals surface area contributed by atoms with Crippen molar-refractivity contribution < 1.29 is 17.9 Å². The monoisotopic (exact) mass is 473 g/mol.